The fourth-order valence-electron chi connectivity index (χ4n) is 4.43. The minimum absolute atomic E-state index is 0.398. The van der Waals surface area contributed by atoms with Crippen LogP contribution in [0.3, 0.4) is 0 Å². The molecule has 0 saturated carbocycles. The Morgan fingerprint density at radius 3 is 2.57 bits per heavy atom. The highest BCUT2D eigenvalue weighted by Crippen LogP contribution is 2.48. The first kappa shape index (κ1) is 12.9. The fraction of sp³-hybridized carbons (Fsp3) is 0.368. The molecular formula is C19H22N2. The highest BCUT2D eigenvalue weighted by molar-refractivity contribution is 5.62. The van der Waals surface area contributed by atoms with Gasteiger partial charge in [0.2, 0.25) is 0 Å². The Morgan fingerprint density at radius 1 is 1.10 bits per heavy atom. The van der Waals surface area contributed by atoms with E-state index in [0.717, 1.165) is 0 Å². The fourth-order valence-corrected chi connectivity index (χ4v) is 4.43. The third-order valence-electron chi connectivity index (χ3n) is 5.47. The van der Waals surface area contributed by atoms with Crippen LogP contribution in [0.25, 0.3) is 0 Å². The van der Waals surface area contributed by atoms with Crippen LogP contribution in [-0.2, 0) is 0 Å². The Bertz CT molecular complexity index is 630. The van der Waals surface area contributed by atoms with Crippen LogP contribution >= 0.6 is 0 Å². The smallest absolute Gasteiger partial charge is 0.0900 e. The van der Waals surface area contributed by atoms with Gasteiger partial charge in [0.25, 0.3) is 0 Å². The number of likely N-dealkylation sites (N-methyl/N-ethyl adjacent to an activating group) is 1. The molecule has 0 aromatic heterocycles. The second-order valence-electron chi connectivity index (χ2n) is 6.40. The molecule has 108 valence electrons. The Labute approximate surface area is 127 Å². The Balaban J connectivity index is 1.91. The maximum atomic E-state index is 4.13. The molecule has 3 aliphatic rings. The Morgan fingerprint density at radius 2 is 1.81 bits per heavy atom. The highest BCUT2D eigenvalue weighted by Gasteiger charge is 2.50. The molecule has 2 heteroatoms. The van der Waals surface area contributed by atoms with E-state index in [2.05, 4.69) is 85.0 Å². The summed E-state index contributed by atoms with van der Waals surface area (Å²) in [5.74, 6) is 0.966. The minimum atomic E-state index is 0.398. The first-order chi connectivity index (χ1) is 10.2. The molecule has 1 fully saturated rings. The first-order valence-corrected chi connectivity index (χ1v) is 7.81. The number of benzene rings is 1. The van der Waals surface area contributed by atoms with Crippen LogP contribution in [0.5, 0.6) is 0 Å². The van der Waals surface area contributed by atoms with E-state index in [9.17, 15) is 0 Å². The van der Waals surface area contributed by atoms with Gasteiger partial charge < -0.3 is 4.90 Å². The zero-order valence-electron chi connectivity index (χ0n) is 12.7. The number of allylic oxidation sites excluding steroid dienone is 2. The van der Waals surface area contributed by atoms with E-state index >= 15 is 0 Å². The molecule has 0 bridgehead atoms. The number of rotatable bonds is 1. The molecule has 2 heterocycles. The lowest BCUT2D eigenvalue weighted by molar-refractivity contribution is 0.206. The SMILES string of the molecule is C=CC1C(C)c2ccccc2N2C3C=CC=CC3N(C)C12. The van der Waals surface area contributed by atoms with Crippen LogP contribution in [0.2, 0.25) is 0 Å². The molecule has 1 saturated heterocycles. The summed E-state index contributed by atoms with van der Waals surface area (Å²) in [5, 5.41) is 0. The quantitative estimate of drug-likeness (QED) is 0.725. The molecule has 21 heavy (non-hydrogen) atoms. The molecule has 0 amide bonds. The lowest BCUT2D eigenvalue weighted by Gasteiger charge is -2.45. The molecule has 0 N–H and O–H groups in total. The summed E-state index contributed by atoms with van der Waals surface area (Å²) in [6, 6.07) is 9.76. The number of para-hydroxylation sites is 1. The Hall–Kier alpha value is -1.80. The van der Waals surface area contributed by atoms with Crippen LogP contribution in [0.1, 0.15) is 18.4 Å². The van der Waals surface area contributed by atoms with E-state index in [-0.39, 0.29) is 0 Å². The predicted molar refractivity (Wildman–Crippen MR) is 88.4 cm³/mol. The third kappa shape index (κ3) is 1.63. The van der Waals surface area contributed by atoms with Crippen molar-refractivity contribution in [2.75, 3.05) is 11.9 Å². The zero-order valence-corrected chi connectivity index (χ0v) is 12.7. The third-order valence-corrected chi connectivity index (χ3v) is 5.47. The first-order valence-electron chi connectivity index (χ1n) is 7.81. The summed E-state index contributed by atoms with van der Waals surface area (Å²) in [6.07, 6.45) is 11.6. The number of hydrogen-bond donors (Lipinski definition) is 0. The van der Waals surface area contributed by atoms with E-state index in [4.69, 9.17) is 0 Å². The van der Waals surface area contributed by atoms with E-state index < -0.39 is 0 Å². The second kappa shape index (κ2) is 4.60. The van der Waals surface area contributed by atoms with Crippen LogP contribution in [0.15, 0.2) is 61.2 Å². The molecule has 2 nitrogen and oxygen atoms in total. The van der Waals surface area contributed by atoms with Crippen molar-refractivity contribution in [2.45, 2.75) is 31.1 Å². The van der Waals surface area contributed by atoms with E-state index in [0.29, 0.717) is 30.1 Å². The molecule has 5 atom stereocenters. The topological polar surface area (TPSA) is 6.48 Å². The molecule has 1 aromatic rings. The van der Waals surface area contributed by atoms with E-state index in [1.54, 1.807) is 0 Å². The van der Waals surface area contributed by atoms with Gasteiger partial charge in [0.05, 0.1) is 18.2 Å². The maximum Gasteiger partial charge on any atom is 0.0900 e. The molecule has 4 rings (SSSR count). The summed E-state index contributed by atoms with van der Waals surface area (Å²) in [4.78, 5) is 5.12. The highest BCUT2D eigenvalue weighted by atomic mass is 15.5. The van der Waals surface area contributed by atoms with Crippen molar-refractivity contribution in [2.24, 2.45) is 5.92 Å². The molecule has 1 aliphatic carbocycles. The average Bonchev–Trinajstić information content (AvgIpc) is 2.82. The molecule has 0 spiro atoms. The summed E-state index contributed by atoms with van der Waals surface area (Å²) in [7, 11) is 2.25. The van der Waals surface area contributed by atoms with Gasteiger partial charge in [-0.3, -0.25) is 4.90 Å². The van der Waals surface area contributed by atoms with Gasteiger partial charge in [-0.15, -0.1) is 6.58 Å². The molecule has 0 radical (unpaired) electrons. The maximum absolute atomic E-state index is 4.13. The zero-order chi connectivity index (χ0) is 14.6. The van der Waals surface area contributed by atoms with E-state index in [1.165, 1.54) is 11.3 Å². The van der Waals surface area contributed by atoms with Gasteiger partial charge in [-0.2, -0.15) is 0 Å². The van der Waals surface area contributed by atoms with Crippen LogP contribution in [0, 0.1) is 5.92 Å². The van der Waals surface area contributed by atoms with Gasteiger partial charge in [0, 0.05) is 11.6 Å². The molecule has 2 aliphatic heterocycles. The largest absolute Gasteiger partial charge is 0.347 e. The minimum Gasteiger partial charge on any atom is -0.347 e. The lowest BCUT2D eigenvalue weighted by atomic mass is 9.80. The lowest BCUT2D eigenvalue weighted by Crippen LogP contribution is -2.49. The summed E-state index contributed by atoms with van der Waals surface area (Å²) in [6.45, 7) is 6.47. The van der Waals surface area contributed by atoms with Gasteiger partial charge in [0.1, 0.15) is 0 Å². The molecule has 1 aromatic carbocycles. The van der Waals surface area contributed by atoms with Crippen LogP contribution < -0.4 is 4.90 Å². The Kier molecular flexibility index (Phi) is 2.83. The van der Waals surface area contributed by atoms with E-state index in [1.807, 2.05) is 0 Å². The number of hydrogen-bond acceptors (Lipinski definition) is 2. The standard InChI is InChI=1S/C19H22N2/c1-4-14-13(2)15-9-5-6-10-16(15)21-18-12-8-7-11-17(18)20(3)19(14)21/h4-14,17-19H,1H2,2-3H3. The van der Waals surface area contributed by atoms with Crippen molar-refractivity contribution in [1.29, 1.82) is 0 Å². The van der Waals surface area contributed by atoms with Crippen molar-refractivity contribution < 1.29 is 0 Å². The average molecular weight is 278 g/mol. The van der Waals surface area contributed by atoms with Gasteiger partial charge in [-0.05, 0) is 24.6 Å². The summed E-state index contributed by atoms with van der Waals surface area (Å²) in [5.41, 5.74) is 2.85. The summed E-state index contributed by atoms with van der Waals surface area (Å²) >= 11 is 0. The number of fused-ring (bicyclic) bond motifs is 5. The second-order valence-corrected chi connectivity index (χ2v) is 6.40. The molecule has 5 unspecified atom stereocenters. The van der Waals surface area contributed by atoms with Crippen molar-refractivity contribution >= 4 is 5.69 Å². The van der Waals surface area contributed by atoms with Gasteiger partial charge in [-0.25, -0.2) is 0 Å². The number of anilines is 1. The van der Waals surface area contributed by atoms with Crippen molar-refractivity contribution in [3.05, 3.63) is 66.8 Å². The van der Waals surface area contributed by atoms with Gasteiger partial charge >= 0.3 is 0 Å². The number of nitrogens with zero attached hydrogens (tertiary/aromatic N) is 2. The van der Waals surface area contributed by atoms with Crippen molar-refractivity contribution in [3.63, 3.8) is 0 Å². The normalized spacial score (nSPS) is 37.0. The van der Waals surface area contributed by atoms with Crippen molar-refractivity contribution in [3.8, 4) is 0 Å². The monoisotopic (exact) mass is 278 g/mol. The van der Waals surface area contributed by atoms with Crippen LogP contribution in [-0.4, -0.2) is 30.2 Å². The predicted octanol–water partition coefficient (Wildman–Crippen LogP) is 3.55. The van der Waals surface area contributed by atoms with Gasteiger partial charge in [-0.1, -0.05) is 55.5 Å². The van der Waals surface area contributed by atoms with Crippen molar-refractivity contribution in [1.82, 2.24) is 4.90 Å². The molecular weight excluding hydrogens is 256 g/mol. The summed E-state index contributed by atoms with van der Waals surface area (Å²) < 4.78 is 0. The van der Waals surface area contributed by atoms with Crippen LogP contribution in [0.4, 0.5) is 5.69 Å². The van der Waals surface area contributed by atoms with Gasteiger partial charge in [0.15, 0.2) is 0 Å².